The van der Waals surface area contributed by atoms with E-state index >= 15 is 0 Å². The maximum atomic E-state index is 13.2. The van der Waals surface area contributed by atoms with E-state index in [1.807, 2.05) is 25.1 Å². The highest BCUT2D eigenvalue weighted by atomic mass is 35.5. The van der Waals surface area contributed by atoms with E-state index in [1.54, 1.807) is 24.3 Å². The van der Waals surface area contributed by atoms with Crippen molar-refractivity contribution in [2.45, 2.75) is 4.90 Å². The molecule has 0 atom stereocenters. The number of sulfonamides is 1. The molecule has 7 heteroatoms. The number of anilines is 1. The minimum atomic E-state index is -3.89. The summed E-state index contributed by atoms with van der Waals surface area (Å²) in [4.78, 5) is 1.78. The second-order valence-corrected chi connectivity index (χ2v) is 7.53. The Balaban J connectivity index is 2.48. The van der Waals surface area contributed by atoms with Gasteiger partial charge >= 0.3 is 0 Å². The zero-order valence-electron chi connectivity index (χ0n) is 12.9. The molecule has 0 saturated heterocycles. The van der Waals surface area contributed by atoms with Crippen molar-refractivity contribution in [2.75, 3.05) is 31.5 Å². The normalized spacial score (nSPS) is 11.7. The number of hydrogen-bond donors (Lipinski definition) is 0. The fraction of sp³-hybridized carbons (Fsp3) is 0.250. The van der Waals surface area contributed by atoms with Crippen molar-refractivity contribution in [1.29, 1.82) is 0 Å². The van der Waals surface area contributed by atoms with E-state index in [0.29, 0.717) is 12.2 Å². The number of rotatable bonds is 6. The summed E-state index contributed by atoms with van der Waals surface area (Å²) in [6.07, 6.45) is 0. The van der Waals surface area contributed by atoms with Gasteiger partial charge in [0.2, 0.25) is 0 Å². The zero-order valence-corrected chi connectivity index (χ0v) is 14.5. The lowest BCUT2D eigenvalue weighted by atomic mass is 10.3. The van der Waals surface area contributed by atoms with Crippen molar-refractivity contribution in [1.82, 2.24) is 4.90 Å². The zero-order chi connectivity index (χ0) is 17.0. The Hall–Kier alpha value is -1.63. The fourth-order valence-corrected chi connectivity index (χ4v) is 4.04. The van der Waals surface area contributed by atoms with Crippen LogP contribution in [-0.4, -0.2) is 40.5 Å². The van der Waals surface area contributed by atoms with Crippen LogP contribution in [0.4, 0.5) is 10.1 Å². The van der Waals surface area contributed by atoms with Gasteiger partial charge in [0.1, 0.15) is 10.7 Å². The van der Waals surface area contributed by atoms with Crippen molar-refractivity contribution in [3.05, 3.63) is 59.4 Å². The van der Waals surface area contributed by atoms with Crippen LogP contribution in [0.3, 0.4) is 0 Å². The lowest BCUT2D eigenvalue weighted by Crippen LogP contribution is -2.36. The first-order valence-electron chi connectivity index (χ1n) is 7.00. The van der Waals surface area contributed by atoms with Crippen LogP contribution in [-0.2, 0) is 10.0 Å². The SMILES string of the molecule is CN(C)CCN(c1ccccc1)S(=O)(=O)c1ccc(F)cc1Cl. The van der Waals surface area contributed by atoms with Crippen LogP contribution in [0.2, 0.25) is 5.02 Å². The molecular formula is C16H18ClFN2O2S. The van der Waals surface area contributed by atoms with Crippen LogP contribution in [0.15, 0.2) is 53.4 Å². The molecule has 2 aromatic rings. The topological polar surface area (TPSA) is 40.6 Å². The minimum absolute atomic E-state index is 0.108. The molecule has 0 amide bonds. The summed E-state index contributed by atoms with van der Waals surface area (Å²) in [5, 5.41) is -0.129. The Morgan fingerprint density at radius 3 is 2.26 bits per heavy atom. The van der Waals surface area contributed by atoms with Gasteiger partial charge in [0, 0.05) is 13.1 Å². The Morgan fingerprint density at radius 1 is 1.04 bits per heavy atom. The number of para-hydroxylation sites is 1. The third-order valence-corrected chi connectivity index (χ3v) is 5.57. The van der Waals surface area contributed by atoms with Gasteiger partial charge in [-0.1, -0.05) is 29.8 Å². The second-order valence-electron chi connectivity index (χ2n) is 5.29. The molecule has 124 valence electrons. The molecule has 4 nitrogen and oxygen atoms in total. The van der Waals surface area contributed by atoms with Crippen molar-refractivity contribution in [2.24, 2.45) is 0 Å². The van der Waals surface area contributed by atoms with Crippen LogP contribution >= 0.6 is 11.6 Å². The van der Waals surface area contributed by atoms with Gasteiger partial charge < -0.3 is 4.90 Å². The molecule has 0 aliphatic carbocycles. The number of nitrogens with zero attached hydrogens (tertiary/aromatic N) is 2. The molecule has 0 radical (unpaired) electrons. The first-order chi connectivity index (χ1) is 10.8. The van der Waals surface area contributed by atoms with Crippen molar-refractivity contribution >= 4 is 27.3 Å². The molecule has 0 fully saturated rings. The number of likely N-dealkylation sites (N-methyl/N-ethyl adjacent to an activating group) is 1. The fourth-order valence-electron chi connectivity index (χ4n) is 2.08. The summed E-state index contributed by atoms with van der Waals surface area (Å²) < 4.78 is 40.5. The maximum absolute atomic E-state index is 13.2. The molecule has 0 N–H and O–H groups in total. The highest BCUT2D eigenvalue weighted by Crippen LogP contribution is 2.28. The molecule has 0 aliphatic rings. The van der Waals surface area contributed by atoms with Gasteiger partial charge in [-0.3, -0.25) is 4.31 Å². The van der Waals surface area contributed by atoms with Crippen molar-refractivity contribution in [3.8, 4) is 0 Å². The predicted octanol–water partition coefficient (Wildman–Crippen LogP) is 3.24. The smallest absolute Gasteiger partial charge is 0.265 e. The average Bonchev–Trinajstić information content (AvgIpc) is 2.47. The Labute approximate surface area is 141 Å². The molecule has 2 aromatic carbocycles. The quantitative estimate of drug-likeness (QED) is 0.797. The van der Waals surface area contributed by atoms with Crippen LogP contribution in [0, 0.1) is 5.82 Å². The van der Waals surface area contributed by atoms with Gasteiger partial charge in [0.25, 0.3) is 10.0 Å². The third-order valence-electron chi connectivity index (χ3n) is 3.26. The van der Waals surface area contributed by atoms with E-state index in [2.05, 4.69) is 0 Å². The minimum Gasteiger partial charge on any atom is -0.308 e. The lowest BCUT2D eigenvalue weighted by Gasteiger charge is -2.26. The summed E-state index contributed by atoms with van der Waals surface area (Å²) >= 11 is 5.95. The molecule has 0 saturated carbocycles. The molecule has 0 aliphatic heterocycles. The Bertz CT molecular complexity index is 767. The summed E-state index contributed by atoms with van der Waals surface area (Å²) in [6, 6.07) is 12.1. The van der Waals surface area contributed by atoms with Crippen molar-refractivity contribution in [3.63, 3.8) is 0 Å². The molecule has 0 aromatic heterocycles. The highest BCUT2D eigenvalue weighted by molar-refractivity contribution is 7.93. The molecule has 23 heavy (non-hydrogen) atoms. The van der Waals surface area contributed by atoms with Crippen LogP contribution < -0.4 is 4.31 Å². The number of halogens is 2. The van der Waals surface area contributed by atoms with Crippen molar-refractivity contribution < 1.29 is 12.8 Å². The number of hydrogen-bond acceptors (Lipinski definition) is 3. The van der Waals surface area contributed by atoms with Crippen LogP contribution in [0.5, 0.6) is 0 Å². The molecule has 0 unspecified atom stereocenters. The molecule has 0 bridgehead atoms. The monoisotopic (exact) mass is 356 g/mol. The van der Waals surface area contributed by atoms with E-state index in [0.717, 1.165) is 12.1 Å². The van der Waals surface area contributed by atoms with E-state index < -0.39 is 15.8 Å². The molecule has 2 rings (SSSR count). The van der Waals surface area contributed by atoms with Crippen LogP contribution in [0.25, 0.3) is 0 Å². The molecular weight excluding hydrogens is 339 g/mol. The number of benzene rings is 2. The third kappa shape index (κ3) is 4.22. The average molecular weight is 357 g/mol. The van der Waals surface area contributed by atoms with E-state index in [4.69, 9.17) is 11.6 Å². The predicted molar refractivity (Wildman–Crippen MR) is 90.9 cm³/mol. The van der Waals surface area contributed by atoms with Gasteiger partial charge in [-0.2, -0.15) is 0 Å². The van der Waals surface area contributed by atoms with E-state index in [9.17, 15) is 12.8 Å². The lowest BCUT2D eigenvalue weighted by molar-refractivity contribution is 0.419. The van der Waals surface area contributed by atoms with Crippen LogP contribution in [0.1, 0.15) is 0 Å². The first-order valence-corrected chi connectivity index (χ1v) is 8.82. The summed E-state index contributed by atoms with van der Waals surface area (Å²) in [6.45, 7) is 0.792. The second kappa shape index (κ2) is 7.29. The Morgan fingerprint density at radius 2 is 1.70 bits per heavy atom. The van der Waals surface area contributed by atoms with Gasteiger partial charge in [-0.25, -0.2) is 12.8 Å². The van der Waals surface area contributed by atoms with Gasteiger partial charge in [0.05, 0.1) is 10.7 Å². The molecule has 0 heterocycles. The highest BCUT2D eigenvalue weighted by Gasteiger charge is 2.27. The van der Waals surface area contributed by atoms with Gasteiger partial charge in [-0.05, 0) is 44.4 Å². The summed E-state index contributed by atoms with van der Waals surface area (Å²) in [5.41, 5.74) is 0.537. The maximum Gasteiger partial charge on any atom is 0.265 e. The standard InChI is InChI=1S/C16H18ClFN2O2S/c1-19(2)10-11-20(14-6-4-3-5-7-14)23(21,22)16-9-8-13(18)12-15(16)17/h3-9,12H,10-11H2,1-2H3. The van der Waals surface area contributed by atoms with Gasteiger partial charge in [0.15, 0.2) is 0 Å². The summed E-state index contributed by atoms with van der Waals surface area (Å²) in [5.74, 6) is -0.575. The van der Waals surface area contributed by atoms with Gasteiger partial charge in [-0.15, -0.1) is 0 Å². The largest absolute Gasteiger partial charge is 0.308 e. The van der Waals surface area contributed by atoms with E-state index in [-0.39, 0.29) is 16.5 Å². The summed E-state index contributed by atoms with van der Waals surface area (Å²) in [7, 11) is -0.166. The Kier molecular flexibility index (Phi) is 5.62. The molecule has 0 spiro atoms. The first kappa shape index (κ1) is 17.7. The van der Waals surface area contributed by atoms with E-state index in [1.165, 1.54) is 10.4 Å².